The van der Waals surface area contributed by atoms with E-state index in [0.717, 1.165) is 36.6 Å². The third-order valence-corrected chi connectivity index (χ3v) is 4.64. The summed E-state index contributed by atoms with van der Waals surface area (Å²) in [6, 6.07) is 4.93. The molecule has 4 nitrogen and oxygen atoms in total. The molecule has 5 heteroatoms. The Morgan fingerprint density at radius 1 is 1.50 bits per heavy atom. The van der Waals surface area contributed by atoms with E-state index in [1.165, 1.54) is 17.7 Å². The third-order valence-electron chi connectivity index (χ3n) is 3.78. The summed E-state index contributed by atoms with van der Waals surface area (Å²) in [5, 5.41) is 6.75. The van der Waals surface area contributed by atoms with Crippen molar-refractivity contribution in [2.75, 3.05) is 10.6 Å². The van der Waals surface area contributed by atoms with E-state index in [0.29, 0.717) is 6.04 Å². The maximum absolute atomic E-state index is 6.36. The van der Waals surface area contributed by atoms with Crippen molar-refractivity contribution in [3.05, 3.63) is 28.1 Å². The van der Waals surface area contributed by atoms with E-state index in [2.05, 4.69) is 34.4 Å². The monoisotopic (exact) mass is 290 g/mol. The van der Waals surface area contributed by atoms with Crippen molar-refractivity contribution >= 4 is 22.8 Å². The highest BCUT2D eigenvalue weighted by Gasteiger charge is 2.33. The molecule has 0 spiro atoms. The smallest absolute Gasteiger partial charge is 0.150 e. The molecule has 2 N–H and O–H groups in total. The van der Waals surface area contributed by atoms with Crippen molar-refractivity contribution in [3.63, 3.8) is 0 Å². The molecule has 1 aliphatic carbocycles. The summed E-state index contributed by atoms with van der Waals surface area (Å²) < 4.78 is 1.96. The molecule has 1 aliphatic rings. The molecule has 20 heavy (non-hydrogen) atoms. The maximum atomic E-state index is 6.36. The van der Waals surface area contributed by atoms with Crippen molar-refractivity contribution in [3.8, 4) is 0 Å². The zero-order valence-corrected chi connectivity index (χ0v) is 13.0. The Hall–Kier alpha value is -1.49. The summed E-state index contributed by atoms with van der Waals surface area (Å²) in [6.07, 6.45) is 4.56. The minimum absolute atomic E-state index is 0.629. The second-order valence-corrected chi connectivity index (χ2v) is 6.53. The molecule has 1 fully saturated rings. The molecule has 0 unspecified atom stereocenters. The van der Waals surface area contributed by atoms with Gasteiger partial charge in [-0.25, -0.2) is 0 Å². The molecule has 2 aromatic heterocycles. The molecular weight excluding hydrogens is 268 g/mol. The number of aromatic nitrogens is 2. The van der Waals surface area contributed by atoms with Gasteiger partial charge in [0, 0.05) is 18.0 Å². The van der Waals surface area contributed by atoms with E-state index in [-0.39, 0.29) is 0 Å². The number of nitrogens with zero attached hydrogens (tertiary/aromatic N) is 3. The summed E-state index contributed by atoms with van der Waals surface area (Å²) >= 11 is 1.81. The predicted molar refractivity (Wildman–Crippen MR) is 85.1 cm³/mol. The van der Waals surface area contributed by atoms with Gasteiger partial charge in [-0.1, -0.05) is 19.4 Å². The Balaban J connectivity index is 1.91. The summed E-state index contributed by atoms with van der Waals surface area (Å²) in [6.45, 7) is 3.11. The number of nitrogen functional groups attached to an aromatic ring is 1. The van der Waals surface area contributed by atoms with Crippen LogP contribution in [0.25, 0.3) is 0 Å². The quantitative estimate of drug-likeness (QED) is 0.889. The molecule has 1 saturated carbocycles. The van der Waals surface area contributed by atoms with E-state index in [4.69, 9.17) is 5.73 Å². The SMILES string of the molecule is CCCc1nn(C)c(N(Cc2cccs2)C2CC2)c1N. The highest BCUT2D eigenvalue weighted by Crippen LogP contribution is 2.37. The van der Waals surface area contributed by atoms with Gasteiger partial charge in [0.1, 0.15) is 0 Å². The fourth-order valence-corrected chi connectivity index (χ4v) is 3.38. The van der Waals surface area contributed by atoms with Gasteiger partial charge < -0.3 is 10.6 Å². The van der Waals surface area contributed by atoms with E-state index in [1.807, 2.05) is 23.1 Å². The first-order chi connectivity index (χ1) is 9.70. The first-order valence-electron chi connectivity index (χ1n) is 7.31. The van der Waals surface area contributed by atoms with E-state index in [1.54, 1.807) is 0 Å². The van der Waals surface area contributed by atoms with Crippen LogP contribution in [0.4, 0.5) is 11.5 Å². The molecule has 0 bridgehead atoms. The van der Waals surface area contributed by atoms with Gasteiger partial charge in [-0.05, 0) is 30.7 Å². The first kappa shape index (κ1) is 13.5. The van der Waals surface area contributed by atoms with Crippen molar-refractivity contribution in [1.82, 2.24) is 9.78 Å². The molecule has 0 saturated heterocycles. The zero-order chi connectivity index (χ0) is 14.1. The number of hydrogen-bond acceptors (Lipinski definition) is 4. The Morgan fingerprint density at radius 3 is 2.90 bits per heavy atom. The van der Waals surface area contributed by atoms with Crippen LogP contribution < -0.4 is 10.6 Å². The van der Waals surface area contributed by atoms with Crippen LogP contribution in [0.3, 0.4) is 0 Å². The van der Waals surface area contributed by atoms with Crippen LogP contribution in [-0.4, -0.2) is 15.8 Å². The van der Waals surface area contributed by atoms with E-state index in [9.17, 15) is 0 Å². The Bertz CT molecular complexity index is 569. The van der Waals surface area contributed by atoms with Crippen LogP contribution in [0.5, 0.6) is 0 Å². The van der Waals surface area contributed by atoms with Gasteiger partial charge in [-0.15, -0.1) is 11.3 Å². The largest absolute Gasteiger partial charge is 0.394 e. The van der Waals surface area contributed by atoms with Gasteiger partial charge in [0.05, 0.1) is 17.9 Å². The normalized spacial score (nSPS) is 14.7. The van der Waals surface area contributed by atoms with E-state index >= 15 is 0 Å². The number of aryl methyl sites for hydroxylation is 2. The molecule has 3 rings (SSSR count). The molecule has 2 heterocycles. The highest BCUT2D eigenvalue weighted by molar-refractivity contribution is 7.09. The molecule has 2 aromatic rings. The summed E-state index contributed by atoms with van der Waals surface area (Å²) in [7, 11) is 2.01. The second-order valence-electron chi connectivity index (χ2n) is 5.50. The van der Waals surface area contributed by atoms with Crippen LogP contribution in [-0.2, 0) is 20.0 Å². The lowest BCUT2D eigenvalue weighted by atomic mass is 10.2. The molecule has 108 valence electrons. The molecule has 0 amide bonds. The third kappa shape index (κ3) is 2.54. The van der Waals surface area contributed by atoms with Gasteiger partial charge in [0.25, 0.3) is 0 Å². The first-order valence-corrected chi connectivity index (χ1v) is 8.19. The van der Waals surface area contributed by atoms with Gasteiger partial charge >= 0.3 is 0 Å². The predicted octanol–water partition coefficient (Wildman–Crippen LogP) is 3.19. The van der Waals surface area contributed by atoms with Crippen LogP contribution >= 0.6 is 11.3 Å². The van der Waals surface area contributed by atoms with Crippen molar-refractivity contribution in [1.29, 1.82) is 0 Å². The second kappa shape index (κ2) is 5.48. The lowest BCUT2D eigenvalue weighted by Gasteiger charge is -2.24. The van der Waals surface area contributed by atoms with Crippen LogP contribution in [0.2, 0.25) is 0 Å². The number of thiophene rings is 1. The van der Waals surface area contributed by atoms with Crippen LogP contribution in [0.1, 0.15) is 36.8 Å². The average Bonchev–Trinajstić information content (AvgIpc) is 3.07. The molecule has 0 aromatic carbocycles. The molecular formula is C15H22N4S. The molecule has 0 radical (unpaired) electrons. The highest BCUT2D eigenvalue weighted by atomic mass is 32.1. The lowest BCUT2D eigenvalue weighted by Crippen LogP contribution is -2.27. The summed E-state index contributed by atoms with van der Waals surface area (Å²) in [4.78, 5) is 3.82. The number of nitrogens with two attached hydrogens (primary N) is 1. The number of anilines is 2. The number of rotatable bonds is 6. The number of hydrogen-bond donors (Lipinski definition) is 1. The van der Waals surface area contributed by atoms with Gasteiger partial charge in [0.2, 0.25) is 0 Å². The molecule has 0 atom stereocenters. The van der Waals surface area contributed by atoms with Gasteiger partial charge in [-0.3, -0.25) is 4.68 Å². The Kier molecular flexibility index (Phi) is 3.70. The minimum atomic E-state index is 0.629. The standard InChI is InChI=1S/C15H22N4S/c1-3-5-13-14(16)15(18(2)17-13)19(11-7-8-11)10-12-6-4-9-20-12/h4,6,9,11H,3,5,7-8,10,16H2,1-2H3. The Labute approximate surface area is 124 Å². The van der Waals surface area contributed by atoms with Gasteiger partial charge in [-0.2, -0.15) is 5.10 Å². The fourth-order valence-electron chi connectivity index (χ4n) is 2.68. The fraction of sp³-hybridized carbons (Fsp3) is 0.533. The van der Waals surface area contributed by atoms with Gasteiger partial charge in [0.15, 0.2) is 5.82 Å². The van der Waals surface area contributed by atoms with Crippen LogP contribution in [0, 0.1) is 0 Å². The zero-order valence-electron chi connectivity index (χ0n) is 12.2. The van der Waals surface area contributed by atoms with Crippen LogP contribution in [0.15, 0.2) is 17.5 Å². The maximum Gasteiger partial charge on any atom is 0.150 e. The Morgan fingerprint density at radius 2 is 2.30 bits per heavy atom. The van der Waals surface area contributed by atoms with Crippen molar-refractivity contribution < 1.29 is 0 Å². The topological polar surface area (TPSA) is 47.1 Å². The van der Waals surface area contributed by atoms with Crippen molar-refractivity contribution in [2.24, 2.45) is 7.05 Å². The minimum Gasteiger partial charge on any atom is -0.394 e. The average molecular weight is 290 g/mol. The lowest BCUT2D eigenvalue weighted by molar-refractivity contribution is 0.687. The summed E-state index contributed by atoms with van der Waals surface area (Å²) in [5.41, 5.74) is 8.28. The summed E-state index contributed by atoms with van der Waals surface area (Å²) in [5.74, 6) is 1.10. The molecule has 0 aliphatic heterocycles. The van der Waals surface area contributed by atoms with Crippen molar-refractivity contribution in [2.45, 2.75) is 45.2 Å². The van der Waals surface area contributed by atoms with E-state index < -0.39 is 0 Å².